The zero-order valence-corrected chi connectivity index (χ0v) is 28.7. The number of fused-ring (bicyclic) bond motifs is 16. The molecule has 0 atom stereocenters. The highest BCUT2D eigenvalue weighted by Gasteiger charge is 2.29. The molecule has 10 aromatic rings. The maximum atomic E-state index is 5.18. The van der Waals surface area contributed by atoms with Crippen molar-refractivity contribution < 1.29 is 0 Å². The molecule has 232 valence electrons. The van der Waals surface area contributed by atoms with Gasteiger partial charge in [0.15, 0.2) is 0 Å². The van der Waals surface area contributed by atoms with Gasteiger partial charge in [0.05, 0.1) is 74.7 Å². The highest BCUT2D eigenvalue weighted by Crippen LogP contribution is 2.62. The van der Waals surface area contributed by atoms with E-state index in [0.29, 0.717) is 0 Å². The van der Waals surface area contributed by atoms with Crippen LogP contribution in [0.4, 0.5) is 0 Å². The van der Waals surface area contributed by atoms with E-state index in [1.807, 2.05) is 24.3 Å². The maximum Gasteiger partial charge on any atom is 0.0996 e. The smallest absolute Gasteiger partial charge is 0.0996 e. The molecule has 0 spiro atoms. The second-order valence-electron chi connectivity index (χ2n) is 12.0. The van der Waals surface area contributed by atoms with E-state index in [1.165, 1.54) is 28.1 Å². The number of hydrogen-bond acceptors (Lipinski definition) is 12. The summed E-state index contributed by atoms with van der Waals surface area (Å²) in [6.07, 6.45) is 7.22. The first-order valence-corrected chi connectivity index (χ1v) is 19.0. The summed E-state index contributed by atoms with van der Waals surface area (Å²) in [5, 5.41) is 3.85. The molecular formula is C38H16N8S4. The van der Waals surface area contributed by atoms with Crippen molar-refractivity contribution in [1.82, 2.24) is 39.9 Å². The van der Waals surface area contributed by atoms with Crippen molar-refractivity contribution in [2.75, 3.05) is 0 Å². The number of benzene rings is 4. The Morgan fingerprint density at radius 3 is 0.840 bits per heavy atom. The summed E-state index contributed by atoms with van der Waals surface area (Å²) >= 11 is 7.22. The van der Waals surface area contributed by atoms with Gasteiger partial charge in [-0.1, -0.05) is 47.0 Å². The van der Waals surface area contributed by atoms with Crippen LogP contribution < -0.4 is 0 Å². The van der Waals surface area contributed by atoms with Crippen LogP contribution >= 0.6 is 47.0 Å². The van der Waals surface area contributed by atoms with Crippen LogP contribution in [-0.2, 0) is 0 Å². The number of hydrogen-bond donors (Lipinski definition) is 0. The van der Waals surface area contributed by atoms with Gasteiger partial charge in [0.2, 0.25) is 0 Å². The summed E-state index contributed by atoms with van der Waals surface area (Å²) in [5.74, 6) is 0. The molecule has 50 heavy (non-hydrogen) atoms. The van der Waals surface area contributed by atoms with E-state index in [2.05, 4.69) is 68.5 Å². The van der Waals surface area contributed by atoms with Crippen molar-refractivity contribution in [1.29, 1.82) is 0 Å². The van der Waals surface area contributed by atoms with Crippen molar-refractivity contribution >= 4 is 135 Å². The predicted molar refractivity (Wildman–Crippen MR) is 206 cm³/mol. The summed E-state index contributed by atoms with van der Waals surface area (Å²) in [6.45, 7) is 0. The van der Waals surface area contributed by atoms with Crippen molar-refractivity contribution in [3.8, 4) is 0 Å². The molecule has 4 aromatic carbocycles. The molecule has 2 aliphatic heterocycles. The van der Waals surface area contributed by atoms with Gasteiger partial charge in [0.25, 0.3) is 0 Å². The summed E-state index contributed by atoms with van der Waals surface area (Å²) in [4.78, 5) is 44.2. The topological polar surface area (TPSA) is 103 Å². The van der Waals surface area contributed by atoms with Crippen LogP contribution in [-0.4, -0.2) is 39.9 Å². The van der Waals surface area contributed by atoms with Crippen LogP contribution in [0.25, 0.3) is 87.7 Å². The fourth-order valence-electron chi connectivity index (χ4n) is 6.95. The number of nitrogens with zero attached hydrogens (tertiary/aromatic N) is 8. The first kappa shape index (κ1) is 27.7. The minimum absolute atomic E-state index is 0.846. The third-order valence-electron chi connectivity index (χ3n) is 9.14. The highest BCUT2D eigenvalue weighted by atomic mass is 32.2. The molecule has 8 heterocycles. The zero-order chi connectivity index (χ0) is 32.5. The van der Waals surface area contributed by atoms with Crippen LogP contribution in [0.15, 0.2) is 126 Å². The SMILES string of the molecule is c1cnc2c(c1)c1nc3cc4c(cc3nc1c1cccnc12)SC(=C1Sc2cc3nc5c6cccnc6c6ncccc6c5nc3cc2S1)S4. The quantitative estimate of drug-likeness (QED) is 0.110. The molecule has 0 aliphatic carbocycles. The van der Waals surface area contributed by atoms with E-state index in [9.17, 15) is 0 Å². The number of pyridine rings is 4. The van der Waals surface area contributed by atoms with Gasteiger partial charge in [-0.3, -0.25) is 19.9 Å². The lowest BCUT2D eigenvalue weighted by Crippen LogP contribution is -1.94. The average Bonchev–Trinajstić information content (AvgIpc) is 3.78. The van der Waals surface area contributed by atoms with Crippen LogP contribution in [0.2, 0.25) is 0 Å². The molecule has 8 nitrogen and oxygen atoms in total. The number of aromatic nitrogens is 8. The van der Waals surface area contributed by atoms with E-state index < -0.39 is 0 Å². The third-order valence-corrected chi connectivity index (χ3v) is 14.7. The molecule has 0 amide bonds. The van der Waals surface area contributed by atoms with Crippen molar-refractivity contribution in [2.45, 2.75) is 19.6 Å². The third kappa shape index (κ3) is 3.89. The van der Waals surface area contributed by atoms with E-state index >= 15 is 0 Å². The van der Waals surface area contributed by atoms with Gasteiger partial charge >= 0.3 is 0 Å². The molecule has 2 aliphatic rings. The largest absolute Gasteiger partial charge is 0.254 e. The Morgan fingerprint density at radius 1 is 0.320 bits per heavy atom. The molecule has 0 bridgehead atoms. The molecule has 0 fully saturated rings. The number of rotatable bonds is 0. The van der Waals surface area contributed by atoms with E-state index in [-0.39, 0.29) is 0 Å². The Labute approximate surface area is 298 Å². The summed E-state index contributed by atoms with van der Waals surface area (Å²) in [7, 11) is 0. The van der Waals surface area contributed by atoms with E-state index in [4.69, 9.17) is 19.9 Å². The molecular weight excluding hydrogens is 697 g/mol. The normalized spacial score (nSPS) is 14.4. The van der Waals surface area contributed by atoms with Gasteiger partial charge in [0.1, 0.15) is 0 Å². The van der Waals surface area contributed by atoms with Crippen molar-refractivity contribution in [2.24, 2.45) is 0 Å². The second kappa shape index (κ2) is 10.2. The Bertz CT molecular complexity index is 2810. The van der Waals surface area contributed by atoms with Gasteiger partial charge in [0, 0.05) is 65.9 Å². The molecule has 0 radical (unpaired) electrons. The molecule has 0 saturated heterocycles. The van der Waals surface area contributed by atoms with Crippen LogP contribution in [0.5, 0.6) is 0 Å². The Kier molecular flexibility index (Phi) is 5.64. The van der Waals surface area contributed by atoms with Crippen molar-refractivity contribution in [3.63, 3.8) is 0 Å². The molecule has 12 rings (SSSR count). The van der Waals surface area contributed by atoms with Gasteiger partial charge in [-0.2, -0.15) is 0 Å². The first-order valence-electron chi connectivity index (χ1n) is 15.7. The monoisotopic (exact) mass is 712 g/mol. The van der Waals surface area contributed by atoms with Gasteiger partial charge in [-0.05, 0) is 72.8 Å². The average molecular weight is 713 g/mol. The van der Waals surface area contributed by atoms with Crippen LogP contribution in [0.3, 0.4) is 0 Å². The maximum absolute atomic E-state index is 5.18. The first-order chi connectivity index (χ1) is 24.7. The van der Waals surface area contributed by atoms with Gasteiger partial charge in [-0.15, -0.1) is 0 Å². The van der Waals surface area contributed by atoms with Crippen LogP contribution in [0.1, 0.15) is 0 Å². The molecule has 0 saturated carbocycles. The van der Waals surface area contributed by atoms with E-state index in [0.717, 1.165) is 87.7 Å². The summed E-state index contributed by atoms with van der Waals surface area (Å²) < 4.78 is 2.53. The minimum atomic E-state index is 0.846. The van der Waals surface area contributed by atoms with E-state index in [1.54, 1.807) is 71.8 Å². The number of thioether (sulfide) groups is 4. The molecule has 0 unspecified atom stereocenters. The van der Waals surface area contributed by atoms with Gasteiger partial charge < -0.3 is 0 Å². The summed E-state index contributed by atoms with van der Waals surface area (Å²) in [5.41, 5.74) is 10.3. The molecule has 0 N–H and O–H groups in total. The molecule has 12 heteroatoms. The van der Waals surface area contributed by atoms with Gasteiger partial charge in [-0.25, -0.2) is 19.9 Å². The highest BCUT2D eigenvalue weighted by molar-refractivity contribution is 8.30. The standard InChI is InChI=1S/C38H16N8S4/c1-5-17-29(39-9-1)30-18(6-2-10-40-30)34-33(17)43-21-13-25-26(14-22(21)44-34)48-37(47-25)38-49-27-15-23-24(16-28(27)50-38)46-36-20-8-4-12-42-32(20)31-19(35(36)45-23)7-3-11-41-31/h1-16H. The minimum Gasteiger partial charge on any atom is -0.254 e. The Hall–Kier alpha value is -5.14. The Balaban J connectivity index is 0.965. The summed E-state index contributed by atoms with van der Waals surface area (Å²) in [6, 6.07) is 24.7. The van der Waals surface area contributed by atoms with Crippen molar-refractivity contribution in [3.05, 3.63) is 106 Å². The fourth-order valence-corrected chi connectivity index (χ4v) is 12.3. The lowest BCUT2D eigenvalue weighted by molar-refractivity contribution is 1.26. The second-order valence-corrected chi connectivity index (χ2v) is 16.7. The zero-order valence-electron chi connectivity index (χ0n) is 25.4. The Morgan fingerprint density at radius 2 is 0.580 bits per heavy atom. The molecule has 6 aromatic heterocycles. The van der Waals surface area contributed by atoms with Crippen LogP contribution in [0, 0.1) is 0 Å². The lowest BCUT2D eigenvalue weighted by Gasteiger charge is -2.09. The lowest BCUT2D eigenvalue weighted by atomic mass is 10.1. The predicted octanol–water partition coefficient (Wildman–Crippen LogP) is 10.3. The fraction of sp³-hybridized carbons (Fsp3) is 0.